The highest BCUT2D eigenvalue weighted by Crippen LogP contribution is 2.39. The molecule has 2 aliphatic heterocycles. The highest BCUT2D eigenvalue weighted by atomic mass is 16.5. The van der Waals surface area contributed by atoms with E-state index in [-0.39, 0.29) is 17.8 Å². The second-order valence-corrected chi connectivity index (χ2v) is 8.27. The van der Waals surface area contributed by atoms with Crippen LogP contribution in [0.15, 0.2) is 48.5 Å². The van der Waals surface area contributed by atoms with Crippen LogP contribution < -0.4 is 9.80 Å². The van der Waals surface area contributed by atoms with Gasteiger partial charge in [-0.1, -0.05) is 24.3 Å². The third kappa shape index (κ3) is 4.44. The third-order valence-corrected chi connectivity index (χ3v) is 6.25. The minimum Gasteiger partial charge on any atom is -0.466 e. The van der Waals surface area contributed by atoms with Gasteiger partial charge in [0.2, 0.25) is 0 Å². The zero-order valence-corrected chi connectivity index (χ0v) is 18.4. The fourth-order valence-corrected chi connectivity index (χ4v) is 4.69. The normalized spacial score (nSPS) is 18.9. The summed E-state index contributed by atoms with van der Waals surface area (Å²) in [6, 6.07) is 15.9. The van der Waals surface area contributed by atoms with Crippen molar-refractivity contribution in [2.24, 2.45) is 5.92 Å². The predicted molar refractivity (Wildman–Crippen MR) is 123 cm³/mol. The van der Waals surface area contributed by atoms with Crippen LogP contribution in [0, 0.1) is 5.92 Å². The molecule has 6 heteroatoms. The average molecular weight is 422 g/mol. The van der Waals surface area contributed by atoms with Gasteiger partial charge in [0.1, 0.15) is 0 Å². The number of likely N-dealkylation sites (tertiary alicyclic amines) is 1. The number of piperidine rings is 1. The lowest BCUT2D eigenvalue weighted by Gasteiger charge is -2.32. The van der Waals surface area contributed by atoms with Gasteiger partial charge in [-0.25, -0.2) is 0 Å². The van der Waals surface area contributed by atoms with E-state index in [9.17, 15) is 9.59 Å². The zero-order valence-electron chi connectivity index (χ0n) is 18.4. The average Bonchev–Trinajstić information content (AvgIpc) is 2.89. The van der Waals surface area contributed by atoms with E-state index >= 15 is 0 Å². The molecular weight excluding hydrogens is 390 g/mol. The molecule has 0 saturated carbocycles. The van der Waals surface area contributed by atoms with Crippen LogP contribution in [0.25, 0.3) is 0 Å². The molecule has 0 N–H and O–H groups in total. The van der Waals surface area contributed by atoms with Crippen molar-refractivity contribution in [3.05, 3.63) is 54.1 Å². The largest absolute Gasteiger partial charge is 0.466 e. The Bertz CT molecular complexity index is 945. The maximum atomic E-state index is 13.1. The number of hydrogen-bond donors (Lipinski definition) is 0. The number of esters is 1. The number of rotatable bonds is 6. The quantitative estimate of drug-likeness (QED) is 0.658. The molecule has 2 aromatic carbocycles. The van der Waals surface area contributed by atoms with Gasteiger partial charge in [-0.15, -0.1) is 0 Å². The Labute approximate surface area is 184 Å². The first-order valence-corrected chi connectivity index (χ1v) is 11.2. The van der Waals surface area contributed by atoms with Crippen LogP contribution in [0.3, 0.4) is 0 Å². The maximum Gasteiger partial charge on any atom is 0.310 e. The fourth-order valence-electron chi connectivity index (χ4n) is 4.69. The summed E-state index contributed by atoms with van der Waals surface area (Å²) in [5.41, 5.74) is 3.64. The fraction of sp³-hybridized carbons (Fsp3) is 0.440. The number of para-hydroxylation sites is 3. The summed E-state index contributed by atoms with van der Waals surface area (Å²) in [6.45, 7) is 5.81. The molecule has 2 heterocycles. The van der Waals surface area contributed by atoms with Gasteiger partial charge in [-0.3, -0.25) is 9.59 Å². The minimum atomic E-state index is -0.0656. The van der Waals surface area contributed by atoms with Gasteiger partial charge in [0.05, 0.1) is 35.2 Å². The summed E-state index contributed by atoms with van der Waals surface area (Å²) in [7, 11) is 1.84. The van der Waals surface area contributed by atoms with Gasteiger partial charge in [-0.05, 0) is 63.5 Å². The molecule has 1 amide bonds. The maximum absolute atomic E-state index is 13.1. The summed E-state index contributed by atoms with van der Waals surface area (Å²) in [5, 5.41) is 0. The molecule has 0 radical (unpaired) electrons. The van der Waals surface area contributed by atoms with E-state index in [1.165, 1.54) is 0 Å². The standard InChI is InChI=1S/C25H31N3O3/c1-3-31-25(30)19-10-8-15-27(18-19)16-9-17-28-21-12-5-4-11-20(21)24(29)26(2)22-13-6-7-14-23(22)28/h4-7,11-14,19H,3,8-10,15-18H2,1-2H3/t19-/m1/s1. The highest BCUT2D eigenvalue weighted by molar-refractivity contribution is 6.13. The van der Waals surface area contributed by atoms with E-state index in [2.05, 4.69) is 15.9 Å². The Kier molecular flexibility index (Phi) is 6.56. The van der Waals surface area contributed by atoms with Crippen molar-refractivity contribution in [1.29, 1.82) is 0 Å². The van der Waals surface area contributed by atoms with Crippen LogP contribution in [-0.2, 0) is 9.53 Å². The van der Waals surface area contributed by atoms with Crippen LogP contribution >= 0.6 is 0 Å². The predicted octanol–water partition coefficient (Wildman–Crippen LogP) is 4.08. The first kappa shape index (κ1) is 21.4. The Balaban J connectivity index is 1.50. The number of carbonyl (C=O) groups is 2. The Morgan fingerprint density at radius 1 is 1.03 bits per heavy atom. The van der Waals surface area contributed by atoms with E-state index in [4.69, 9.17) is 4.74 Å². The lowest BCUT2D eigenvalue weighted by Crippen LogP contribution is -2.40. The molecule has 31 heavy (non-hydrogen) atoms. The molecule has 0 bridgehead atoms. The molecular formula is C25H31N3O3. The van der Waals surface area contributed by atoms with Gasteiger partial charge in [-0.2, -0.15) is 0 Å². The van der Waals surface area contributed by atoms with E-state index < -0.39 is 0 Å². The van der Waals surface area contributed by atoms with Crippen LogP contribution in [-0.4, -0.2) is 56.6 Å². The molecule has 1 fully saturated rings. The van der Waals surface area contributed by atoms with E-state index in [0.717, 1.165) is 68.1 Å². The monoisotopic (exact) mass is 421 g/mol. The SMILES string of the molecule is CCOC(=O)[C@@H]1CCCN(CCCN2c3ccccc3C(=O)N(C)c3ccccc32)C1. The van der Waals surface area contributed by atoms with Gasteiger partial charge >= 0.3 is 5.97 Å². The molecule has 6 nitrogen and oxygen atoms in total. The first-order valence-electron chi connectivity index (χ1n) is 11.2. The molecule has 0 unspecified atom stereocenters. The molecule has 1 atom stereocenters. The van der Waals surface area contributed by atoms with E-state index in [1.54, 1.807) is 4.90 Å². The van der Waals surface area contributed by atoms with Gasteiger partial charge in [0, 0.05) is 20.1 Å². The number of fused-ring (bicyclic) bond motifs is 2. The first-order chi connectivity index (χ1) is 15.1. The Morgan fingerprint density at radius 2 is 1.74 bits per heavy atom. The third-order valence-electron chi connectivity index (χ3n) is 6.25. The Hall–Kier alpha value is -2.86. The number of amides is 1. The van der Waals surface area contributed by atoms with Crippen molar-refractivity contribution in [2.45, 2.75) is 26.2 Å². The topological polar surface area (TPSA) is 53.1 Å². The second kappa shape index (κ2) is 9.52. The van der Waals surface area contributed by atoms with Crippen molar-refractivity contribution < 1.29 is 14.3 Å². The van der Waals surface area contributed by atoms with Crippen LogP contribution in [0.5, 0.6) is 0 Å². The van der Waals surface area contributed by atoms with Gasteiger partial charge < -0.3 is 19.4 Å². The van der Waals surface area contributed by atoms with Crippen LogP contribution in [0.4, 0.5) is 17.1 Å². The summed E-state index contributed by atoms with van der Waals surface area (Å²) in [4.78, 5) is 31.6. The van der Waals surface area contributed by atoms with Crippen molar-refractivity contribution in [2.75, 3.05) is 49.6 Å². The number of anilines is 3. The van der Waals surface area contributed by atoms with Crippen LogP contribution in [0.1, 0.15) is 36.5 Å². The van der Waals surface area contributed by atoms with E-state index in [1.807, 2.05) is 56.4 Å². The van der Waals surface area contributed by atoms with Crippen molar-refractivity contribution in [3.8, 4) is 0 Å². The number of benzene rings is 2. The molecule has 164 valence electrons. The van der Waals surface area contributed by atoms with Gasteiger partial charge in [0.15, 0.2) is 0 Å². The number of hydrogen-bond acceptors (Lipinski definition) is 5. The highest BCUT2D eigenvalue weighted by Gasteiger charge is 2.29. The van der Waals surface area contributed by atoms with Crippen LogP contribution in [0.2, 0.25) is 0 Å². The summed E-state index contributed by atoms with van der Waals surface area (Å²) in [6.07, 6.45) is 2.88. The Morgan fingerprint density at radius 3 is 2.52 bits per heavy atom. The molecule has 2 aromatic rings. The minimum absolute atomic E-state index is 0.0128. The molecule has 4 rings (SSSR count). The summed E-state index contributed by atoms with van der Waals surface area (Å²) < 4.78 is 5.23. The number of nitrogens with zero attached hydrogens (tertiary/aromatic N) is 3. The summed E-state index contributed by atoms with van der Waals surface area (Å²) >= 11 is 0. The van der Waals surface area contributed by atoms with Gasteiger partial charge in [0.25, 0.3) is 5.91 Å². The number of ether oxygens (including phenoxy) is 1. The van der Waals surface area contributed by atoms with E-state index in [0.29, 0.717) is 6.61 Å². The molecule has 2 aliphatic rings. The number of carbonyl (C=O) groups excluding carboxylic acids is 2. The second-order valence-electron chi connectivity index (χ2n) is 8.27. The lowest BCUT2D eigenvalue weighted by atomic mass is 9.98. The summed E-state index contributed by atoms with van der Waals surface area (Å²) in [5.74, 6) is -0.0670. The van der Waals surface area contributed by atoms with Crippen molar-refractivity contribution in [3.63, 3.8) is 0 Å². The molecule has 0 aliphatic carbocycles. The molecule has 1 saturated heterocycles. The zero-order chi connectivity index (χ0) is 21.8. The van der Waals surface area contributed by atoms with Crippen molar-refractivity contribution in [1.82, 2.24) is 4.90 Å². The smallest absolute Gasteiger partial charge is 0.310 e. The molecule has 0 aromatic heterocycles. The van der Waals surface area contributed by atoms with Crippen molar-refractivity contribution >= 4 is 28.9 Å². The lowest BCUT2D eigenvalue weighted by molar-refractivity contribution is -0.149. The molecule has 0 spiro atoms.